The second-order valence-electron chi connectivity index (χ2n) is 5.43. The third-order valence-electron chi connectivity index (χ3n) is 3.55. The van der Waals surface area contributed by atoms with E-state index in [0.717, 1.165) is 18.4 Å². The summed E-state index contributed by atoms with van der Waals surface area (Å²) in [5.41, 5.74) is 0.717. The van der Waals surface area contributed by atoms with E-state index in [-0.39, 0.29) is 17.7 Å². The largest absolute Gasteiger partial charge is 0.493 e. The van der Waals surface area contributed by atoms with Crippen molar-refractivity contribution in [3.8, 4) is 11.5 Å². The number of nitrogens with one attached hydrogen (secondary N) is 2. The summed E-state index contributed by atoms with van der Waals surface area (Å²) >= 11 is 6.11. The molecule has 1 saturated carbocycles. The molecule has 1 aromatic rings. The van der Waals surface area contributed by atoms with Gasteiger partial charge in [0.2, 0.25) is 11.8 Å². The maximum atomic E-state index is 11.8. The van der Waals surface area contributed by atoms with Crippen LogP contribution in [0.3, 0.4) is 0 Å². The number of rotatable bonds is 8. The van der Waals surface area contributed by atoms with Gasteiger partial charge >= 0.3 is 0 Å². The van der Waals surface area contributed by atoms with Gasteiger partial charge in [0.1, 0.15) is 0 Å². The van der Waals surface area contributed by atoms with E-state index in [4.69, 9.17) is 21.1 Å². The van der Waals surface area contributed by atoms with Crippen LogP contribution < -0.4 is 20.1 Å². The highest BCUT2D eigenvalue weighted by molar-refractivity contribution is 6.32. The summed E-state index contributed by atoms with van der Waals surface area (Å²) in [6.45, 7) is 0.811. The normalized spacial score (nSPS) is 13.6. The minimum Gasteiger partial charge on any atom is -0.493 e. The molecule has 0 atom stereocenters. The second-order valence-corrected chi connectivity index (χ2v) is 5.84. The lowest BCUT2D eigenvalue weighted by molar-refractivity contribution is -0.122. The van der Waals surface area contributed by atoms with Crippen molar-refractivity contribution in [3.05, 3.63) is 28.8 Å². The Balaban J connectivity index is 1.82. The van der Waals surface area contributed by atoms with Crippen LogP contribution in [-0.4, -0.2) is 39.1 Å². The Hall–Kier alpha value is -2.21. The molecule has 0 bridgehead atoms. The highest BCUT2D eigenvalue weighted by Crippen LogP contribution is 2.36. The van der Waals surface area contributed by atoms with Gasteiger partial charge in [-0.2, -0.15) is 0 Å². The Kier molecular flexibility index (Phi) is 6.49. The van der Waals surface area contributed by atoms with Crippen LogP contribution >= 0.6 is 11.6 Å². The van der Waals surface area contributed by atoms with Crippen molar-refractivity contribution in [3.63, 3.8) is 0 Å². The van der Waals surface area contributed by atoms with Crippen LogP contribution in [0, 0.1) is 5.92 Å². The fourth-order valence-corrected chi connectivity index (χ4v) is 2.42. The monoisotopic (exact) mass is 352 g/mol. The van der Waals surface area contributed by atoms with E-state index in [1.54, 1.807) is 18.2 Å². The van der Waals surface area contributed by atoms with Crippen molar-refractivity contribution in [2.45, 2.75) is 12.8 Å². The Labute approximate surface area is 146 Å². The molecule has 0 saturated heterocycles. The average Bonchev–Trinajstić information content (AvgIpc) is 3.41. The Morgan fingerprint density at radius 3 is 2.54 bits per heavy atom. The standard InChI is InChI=1S/C17H21ClN2O4/c1-23-14-10-11(9-13(18)16(14)24-2)3-6-15(21)19-7-8-20-17(22)12-4-5-12/h3,6,9-10,12H,4-5,7-8H2,1-2H3,(H,19,21)(H,20,22)/b6-3+. The fraction of sp³-hybridized carbons (Fsp3) is 0.412. The molecular weight excluding hydrogens is 332 g/mol. The van der Waals surface area contributed by atoms with E-state index in [1.165, 1.54) is 20.3 Å². The third kappa shape index (κ3) is 5.16. The molecule has 24 heavy (non-hydrogen) atoms. The molecule has 7 heteroatoms. The predicted octanol–water partition coefficient (Wildman–Crippen LogP) is 2.01. The van der Waals surface area contributed by atoms with Crippen LogP contribution in [0.15, 0.2) is 18.2 Å². The van der Waals surface area contributed by atoms with Gasteiger partial charge in [0.05, 0.1) is 19.2 Å². The molecule has 0 aromatic heterocycles. The first-order valence-electron chi connectivity index (χ1n) is 7.70. The van der Waals surface area contributed by atoms with Crippen molar-refractivity contribution < 1.29 is 19.1 Å². The number of carbonyl (C=O) groups is 2. The van der Waals surface area contributed by atoms with Crippen molar-refractivity contribution in [1.82, 2.24) is 10.6 Å². The van der Waals surface area contributed by atoms with Gasteiger partial charge in [-0.05, 0) is 36.6 Å². The van der Waals surface area contributed by atoms with Crippen LogP contribution in [0.1, 0.15) is 18.4 Å². The van der Waals surface area contributed by atoms with Crippen molar-refractivity contribution in [2.24, 2.45) is 5.92 Å². The molecule has 0 heterocycles. The van der Waals surface area contributed by atoms with Crippen LogP contribution in [0.4, 0.5) is 0 Å². The summed E-state index contributed by atoms with van der Waals surface area (Å²) < 4.78 is 10.4. The van der Waals surface area contributed by atoms with Crippen LogP contribution in [0.25, 0.3) is 6.08 Å². The number of hydrogen-bond donors (Lipinski definition) is 2. The molecule has 1 aromatic carbocycles. The summed E-state index contributed by atoms with van der Waals surface area (Å²) in [5.74, 6) is 0.941. The molecule has 1 fully saturated rings. The Morgan fingerprint density at radius 1 is 1.21 bits per heavy atom. The lowest BCUT2D eigenvalue weighted by Gasteiger charge is -2.10. The number of benzene rings is 1. The van der Waals surface area contributed by atoms with Gasteiger partial charge in [0, 0.05) is 25.1 Å². The number of carbonyl (C=O) groups excluding carboxylic acids is 2. The van der Waals surface area contributed by atoms with E-state index in [2.05, 4.69) is 10.6 Å². The molecule has 2 amide bonds. The van der Waals surface area contributed by atoms with Crippen LogP contribution in [0.2, 0.25) is 5.02 Å². The summed E-state index contributed by atoms with van der Waals surface area (Å²) in [4.78, 5) is 23.2. The zero-order valence-corrected chi connectivity index (χ0v) is 14.5. The van der Waals surface area contributed by atoms with Gasteiger partial charge < -0.3 is 20.1 Å². The molecule has 0 radical (unpaired) electrons. The highest BCUT2D eigenvalue weighted by Gasteiger charge is 2.28. The first-order chi connectivity index (χ1) is 11.5. The molecule has 0 spiro atoms. The van der Waals surface area contributed by atoms with E-state index < -0.39 is 0 Å². The zero-order chi connectivity index (χ0) is 17.5. The summed E-state index contributed by atoms with van der Waals surface area (Å²) in [7, 11) is 3.03. The van der Waals surface area contributed by atoms with Crippen molar-refractivity contribution in [2.75, 3.05) is 27.3 Å². The number of halogens is 1. The molecule has 1 aliphatic carbocycles. The number of hydrogen-bond acceptors (Lipinski definition) is 4. The maximum absolute atomic E-state index is 11.8. The van der Waals surface area contributed by atoms with Gasteiger partial charge in [0.25, 0.3) is 0 Å². The van der Waals surface area contributed by atoms with Gasteiger partial charge in [-0.3, -0.25) is 9.59 Å². The van der Waals surface area contributed by atoms with Gasteiger partial charge in [-0.15, -0.1) is 0 Å². The lowest BCUT2D eigenvalue weighted by Crippen LogP contribution is -2.34. The highest BCUT2D eigenvalue weighted by atomic mass is 35.5. The number of ether oxygens (including phenoxy) is 2. The van der Waals surface area contributed by atoms with Crippen LogP contribution in [0.5, 0.6) is 11.5 Å². The fourth-order valence-electron chi connectivity index (χ4n) is 2.13. The molecule has 2 rings (SSSR count). The van der Waals surface area contributed by atoms with E-state index in [9.17, 15) is 9.59 Å². The SMILES string of the molecule is COc1cc(/C=C/C(=O)NCCNC(=O)C2CC2)cc(Cl)c1OC. The first-order valence-corrected chi connectivity index (χ1v) is 8.08. The average molecular weight is 353 g/mol. The molecule has 130 valence electrons. The first kappa shape index (κ1) is 18.1. The summed E-state index contributed by atoms with van der Waals surface area (Å²) in [6, 6.07) is 3.41. The van der Waals surface area contributed by atoms with E-state index in [0.29, 0.717) is 29.6 Å². The summed E-state index contributed by atoms with van der Waals surface area (Å²) in [5, 5.41) is 5.89. The molecule has 0 aliphatic heterocycles. The zero-order valence-electron chi connectivity index (χ0n) is 13.7. The minimum atomic E-state index is -0.249. The van der Waals surface area contributed by atoms with Crippen molar-refractivity contribution >= 4 is 29.5 Å². The Morgan fingerprint density at radius 2 is 1.92 bits per heavy atom. The molecular formula is C17H21ClN2O4. The minimum absolute atomic E-state index is 0.0692. The van der Waals surface area contributed by atoms with Gasteiger partial charge in [0.15, 0.2) is 11.5 Å². The quantitative estimate of drug-likeness (QED) is 0.554. The van der Waals surface area contributed by atoms with E-state index in [1.807, 2.05) is 0 Å². The van der Waals surface area contributed by atoms with Crippen LogP contribution in [-0.2, 0) is 9.59 Å². The third-order valence-corrected chi connectivity index (χ3v) is 3.84. The molecule has 0 unspecified atom stereocenters. The predicted molar refractivity (Wildman–Crippen MR) is 92.3 cm³/mol. The van der Waals surface area contributed by atoms with Gasteiger partial charge in [-0.1, -0.05) is 11.6 Å². The van der Waals surface area contributed by atoms with E-state index >= 15 is 0 Å². The molecule has 6 nitrogen and oxygen atoms in total. The summed E-state index contributed by atoms with van der Waals surface area (Å²) in [6.07, 6.45) is 4.97. The number of amides is 2. The lowest BCUT2D eigenvalue weighted by atomic mass is 10.2. The molecule has 1 aliphatic rings. The smallest absolute Gasteiger partial charge is 0.244 e. The Bertz CT molecular complexity index is 642. The molecule has 2 N–H and O–H groups in total. The topological polar surface area (TPSA) is 76.7 Å². The second kappa shape index (κ2) is 8.59. The van der Waals surface area contributed by atoms with Gasteiger partial charge in [-0.25, -0.2) is 0 Å². The maximum Gasteiger partial charge on any atom is 0.244 e. The van der Waals surface area contributed by atoms with Crippen molar-refractivity contribution in [1.29, 1.82) is 0 Å². The number of methoxy groups -OCH3 is 2.